The van der Waals surface area contributed by atoms with Crippen molar-refractivity contribution in [2.45, 2.75) is 6.61 Å². The number of ether oxygens (including phenoxy) is 1. The van der Waals surface area contributed by atoms with Gasteiger partial charge in [-0.15, -0.1) is 10.2 Å². The first-order chi connectivity index (χ1) is 12.0. The Morgan fingerprint density at radius 2 is 1.92 bits per heavy atom. The molecule has 1 heterocycles. The Kier molecular flexibility index (Phi) is 4.60. The van der Waals surface area contributed by atoms with Gasteiger partial charge in [-0.25, -0.2) is 0 Å². The number of nitro benzene ring substituents is 1. The van der Waals surface area contributed by atoms with Crippen LogP contribution in [0.2, 0.25) is 0 Å². The lowest BCUT2D eigenvalue weighted by molar-refractivity contribution is -0.385. The quantitative estimate of drug-likeness (QED) is 0.502. The van der Waals surface area contributed by atoms with E-state index < -0.39 is 4.92 Å². The fourth-order valence-electron chi connectivity index (χ4n) is 2.20. The van der Waals surface area contributed by atoms with Crippen molar-refractivity contribution in [2.24, 2.45) is 0 Å². The number of nitro groups is 1. The molecule has 0 atom stereocenters. The fourth-order valence-corrected chi connectivity index (χ4v) is 2.20. The van der Waals surface area contributed by atoms with E-state index in [4.69, 9.17) is 9.15 Å². The van der Waals surface area contributed by atoms with Crippen molar-refractivity contribution in [3.8, 4) is 17.2 Å². The zero-order valence-corrected chi connectivity index (χ0v) is 13.7. The number of aromatic nitrogens is 2. The molecule has 0 spiro atoms. The minimum atomic E-state index is -0.488. The number of hydrogen-bond acceptors (Lipinski definition) is 7. The van der Waals surface area contributed by atoms with E-state index in [1.165, 1.54) is 6.07 Å². The second kappa shape index (κ2) is 7.00. The molecule has 3 aromatic rings. The first-order valence-electron chi connectivity index (χ1n) is 7.51. The molecule has 25 heavy (non-hydrogen) atoms. The highest BCUT2D eigenvalue weighted by Gasteiger charge is 2.18. The smallest absolute Gasteiger partial charge is 0.311 e. The molecule has 128 valence electrons. The maximum absolute atomic E-state index is 11.2. The second-order valence-corrected chi connectivity index (χ2v) is 5.46. The summed E-state index contributed by atoms with van der Waals surface area (Å²) >= 11 is 0. The molecule has 0 radical (unpaired) electrons. The third-order valence-corrected chi connectivity index (χ3v) is 3.50. The Bertz CT molecular complexity index is 877. The highest BCUT2D eigenvalue weighted by Crippen LogP contribution is 2.31. The monoisotopic (exact) mass is 340 g/mol. The lowest BCUT2D eigenvalue weighted by Gasteiger charge is -2.13. The van der Waals surface area contributed by atoms with Gasteiger partial charge in [0.2, 0.25) is 5.89 Å². The fraction of sp³-hybridized carbons (Fsp3) is 0.176. The van der Waals surface area contributed by atoms with Gasteiger partial charge in [0.15, 0.2) is 12.4 Å². The summed E-state index contributed by atoms with van der Waals surface area (Å²) in [5.41, 5.74) is 1.46. The van der Waals surface area contributed by atoms with E-state index in [1.807, 2.05) is 49.3 Å². The first kappa shape index (κ1) is 16.4. The van der Waals surface area contributed by atoms with Gasteiger partial charge in [-0.2, -0.15) is 0 Å². The maximum Gasteiger partial charge on any atom is 0.311 e. The van der Waals surface area contributed by atoms with E-state index in [9.17, 15) is 10.1 Å². The van der Waals surface area contributed by atoms with Gasteiger partial charge in [0, 0.05) is 37.5 Å². The SMILES string of the molecule is CN(C)c1ccc([N+](=O)[O-])c(OCc2nnc(-c3ccccc3)o2)c1. The van der Waals surface area contributed by atoms with Crippen molar-refractivity contribution in [1.82, 2.24) is 10.2 Å². The van der Waals surface area contributed by atoms with Crippen molar-refractivity contribution in [2.75, 3.05) is 19.0 Å². The van der Waals surface area contributed by atoms with Crippen LogP contribution in [0.25, 0.3) is 11.5 Å². The van der Waals surface area contributed by atoms with Crippen LogP contribution < -0.4 is 9.64 Å². The highest BCUT2D eigenvalue weighted by molar-refractivity contribution is 5.58. The van der Waals surface area contributed by atoms with Gasteiger partial charge in [-0.1, -0.05) is 18.2 Å². The van der Waals surface area contributed by atoms with Gasteiger partial charge >= 0.3 is 5.69 Å². The molecule has 0 N–H and O–H groups in total. The molecule has 0 unspecified atom stereocenters. The van der Waals surface area contributed by atoms with Crippen LogP contribution in [0, 0.1) is 10.1 Å². The van der Waals surface area contributed by atoms with Gasteiger partial charge in [0.05, 0.1) is 4.92 Å². The first-order valence-corrected chi connectivity index (χ1v) is 7.51. The molecule has 0 saturated carbocycles. The molecule has 0 bridgehead atoms. The van der Waals surface area contributed by atoms with E-state index in [-0.39, 0.29) is 23.9 Å². The molecule has 8 nitrogen and oxygen atoms in total. The van der Waals surface area contributed by atoms with Crippen LogP contribution in [0.4, 0.5) is 11.4 Å². The van der Waals surface area contributed by atoms with Crippen molar-refractivity contribution in [3.63, 3.8) is 0 Å². The average molecular weight is 340 g/mol. The molecule has 0 amide bonds. The van der Waals surface area contributed by atoms with Crippen LogP contribution in [-0.2, 0) is 6.61 Å². The summed E-state index contributed by atoms with van der Waals surface area (Å²) in [6.45, 7) is -0.0580. The minimum Gasteiger partial charge on any atom is -0.477 e. The Labute approximate surface area is 143 Å². The van der Waals surface area contributed by atoms with Crippen LogP contribution >= 0.6 is 0 Å². The molecule has 0 aliphatic rings. The third kappa shape index (κ3) is 3.74. The lowest BCUT2D eigenvalue weighted by Crippen LogP contribution is -2.09. The predicted molar refractivity (Wildman–Crippen MR) is 91.5 cm³/mol. The summed E-state index contributed by atoms with van der Waals surface area (Å²) in [6.07, 6.45) is 0. The molecule has 0 aliphatic carbocycles. The number of rotatable bonds is 6. The summed E-state index contributed by atoms with van der Waals surface area (Å²) < 4.78 is 11.1. The molecule has 3 rings (SSSR count). The largest absolute Gasteiger partial charge is 0.477 e. The molecular formula is C17H16N4O4. The molecule has 8 heteroatoms. The van der Waals surface area contributed by atoms with Crippen LogP contribution in [0.1, 0.15) is 5.89 Å². The van der Waals surface area contributed by atoms with E-state index in [1.54, 1.807) is 12.1 Å². The van der Waals surface area contributed by atoms with Crippen molar-refractivity contribution < 1.29 is 14.1 Å². The Morgan fingerprint density at radius 3 is 2.60 bits per heavy atom. The van der Waals surface area contributed by atoms with Gasteiger partial charge in [0.25, 0.3) is 5.89 Å². The Balaban J connectivity index is 1.78. The molecule has 1 aromatic heterocycles. The normalized spacial score (nSPS) is 10.5. The lowest BCUT2D eigenvalue weighted by atomic mass is 10.2. The highest BCUT2D eigenvalue weighted by atomic mass is 16.6. The van der Waals surface area contributed by atoms with Crippen molar-refractivity contribution in [3.05, 3.63) is 64.5 Å². The van der Waals surface area contributed by atoms with Crippen LogP contribution in [-0.4, -0.2) is 29.2 Å². The molecule has 0 saturated heterocycles. The average Bonchev–Trinajstić information content (AvgIpc) is 3.09. The van der Waals surface area contributed by atoms with Gasteiger partial charge < -0.3 is 14.1 Å². The topological polar surface area (TPSA) is 94.5 Å². The van der Waals surface area contributed by atoms with Crippen LogP contribution in [0.5, 0.6) is 5.75 Å². The van der Waals surface area contributed by atoms with E-state index >= 15 is 0 Å². The number of anilines is 1. The summed E-state index contributed by atoms with van der Waals surface area (Å²) in [5.74, 6) is 0.759. The van der Waals surface area contributed by atoms with E-state index in [0.717, 1.165) is 11.3 Å². The van der Waals surface area contributed by atoms with Gasteiger partial charge in [0.1, 0.15) is 0 Å². The number of nitrogens with zero attached hydrogens (tertiary/aromatic N) is 4. The van der Waals surface area contributed by atoms with Gasteiger partial charge in [-0.3, -0.25) is 10.1 Å². The zero-order valence-electron chi connectivity index (χ0n) is 13.7. The zero-order chi connectivity index (χ0) is 17.8. The molecular weight excluding hydrogens is 324 g/mol. The van der Waals surface area contributed by atoms with Crippen LogP contribution in [0.15, 0.2) is 52.9 Å². The van der Waals surface area contributed by atoms with Gasteiger partial charge in [-0.05, 0) is 18.2 Å². The number of benzene rings is 2. The molecule has 0 aliphatic heterocycles. The second-order valence-electron chi connectivity index (χ2n) is 5.46. The van der Waals surface area contributed by atoms with E-state index in [2.05, 4.69) is 10.2 Å². The van der Waals surface area contributed by atoms with Crippen molar-refractivity contribution >= 4 is 11.4 Å². The van der Waals surface area contributed by atoms with Crippen molar-refractivity contribution in [1.29, 1.82) is 0 Å². The summed E-state index contributed by atoms with van der Waals surface area (Å²) in [7, 11) is 3.68. The summed E-state index contributed by atoms with van der Waals surface area (Å²) in [6, 6.07) is 14.0. The standard InChI is InChI=1S/C17H16N4O4/c1-20(2)13-8-9-14(21(22)23)15(10-13)24-11-16-18-19-17(25-16)12-6-4-3-5-7-12/h3-10H,11H2,1-2H3. The van der Waals surface area contributed by atoms with E-state index in [0.29, 0.717) is 5.89 Å². The van der Waals surface area contributed by atoms with Crippen LogP contribution in [0.3, 0.4) is 0 Å². The summed E-state index contributed by atoms with van der Waals surface area (Å²) in [5, 5.41) is 19.0. The number of hydrogen-bond donors (Lipinski definition) is 0. The minimum absolute atomic E-state index is 0.0580. The third-order valence-electron chi connectivity index (χ3n) is 3.50. The Hall–Kier alpha value is -3.42. The summed E-state index contributed by atoms with van der Waals surface area (Å²) in [4.78, 5) is 12.5. The molecule has 0 fully saturated rings. The predicted octanol–water partition coefficient (Wildman–Crippen LogP) is 3.29. The maximum atomic E-state index is 11.2. The molecule has 2 aromatic carbocycles. The Morgan fingerprint density at radius 1 is 1.16 bits per heavy atom.